The molecule has 0 heterocycles. The average molecular weight is 645 g/mol. The quantitative estimate of drug-likeness (QED) is 0.248. The van der Waals surface area contributed by atoms with Crippen LogP contribution in [-0.2, 0) is 21.1 Å². The number of nitrogens with one attached hydrogen (secondary N) is 2. The topological polar surface area (TPSA) is 174 Å². The molecule has 29 heavy (non-hydrogen) atoms. The maximum Gasteiger partial charge on any atom is 4.00 e. The van der Waals surface area contributed by atoms with Crippen LogP contribution in [0.3, 0.4) is 0 Å². The van der Waals surface area contributed by atoms with Crippen LogP contribution in [0.5, 0.6) is 0 Å². The molecule has 0 aliphatic rings. The number of carbonyl (C=O) groups excluding carboxylic acids is 2. The molecule has 0 saturated carbocycles. The van der Waals surface area contributed by atoms with Gasteiger partial charge in [-0.3, -0.25) is 0 Å². The van der Waals surface area contributed by atoms with Crippen molar-refractivity contribution in [3.63, 3.8) is 0 Å². The van der Waals surface area contributed by atoms with Crippen LogP contribution in [0, 0.1) is 10.8 Å². The molecular formula is C18H42Cl2N4O4Pt. The third-order valence-corrected chi connectivity index (χ3v) is 2.83. The maximum absolute atomic E-state index is 10.3. The van der Waals surface area contributed by atoms with Gasteiger partial charge in [0.2, 0.25) is 0 Å². The predicted molar refractivity (Wildman–Crippen MR) is 103 cm³/mol. The van der Waals surface area contributed by atoms with E-state index in [4.69, 9.17) is 0 Å². The number of carboxylic acid groups (broad SMARTS) is 2. The molecule has 0 aromatic rings. The van der Waals surface area contributed by atoms with E-state index in [-0.39, 0.29) is 69.0 Å². The van der Waals surface area contributed by atoms with Crippen LogP contribution in [0.15, 0.2) is 0 Å². The molecule has 0 saturated heterocycles. The third kappa shape index (κ3) is 38.9. The zero-order valence-electron chi connectivity index (χ0n) is 19.5. The minimum Gasteiger partial charge on any atom is -1.00 e. The molecule has 8 N–H and O–H groups in total. The Kier molecular flexibility index (Phi) is 28.1. The molecule has 0 bridgehead atoms. The number of amides is 2. The zero-order valence-corrected chi connectivity index (χ0v) is 23.3. The molecule has 0 atom stereocenters. The first-order valence-electron chi connectivity index (χ1n) is 8.23. The van der Waals surface area contributed by atoms with Crippen molar-refractivity contribution >= 4 is 12.2 Å². The second-order valence-electron chi connectivity index (χ2n) is 10.1. The monoisotopic (exact) mass is 643 g/mol. The third-order valence-electron chi connectivity index (χ3n) is 2.83. The van der Waals surface area contributed by atoms with Crippen LogP contribution in [0.25, 0.3) is 0 Å². The van der Waals surface area contributed by atoms with E-state index < -0.39 is 23.3 Å². The first-order chi connectivity index (χ1) is 10.2. The summed E-state index contributed by atoms with van der Waals surface area (Å²) in [7, 11) is 0. The van der Waals surface area contributed by atoms with Gasteiger partial charge in [-0.2, -0.15) is 0 Å². The predicted octanol–water partition coefficient (Wildman–Crippen LogP) is -3.40. The Morgan fingerprint density at radius 1 is 0.621 bits per heavy atom. The molecule has 0 spiro atoms. The Bertz CT molecular complexity index is 399. The normalized spacial score (nSPS) is 10.6. The standard InChI is InChI=1S/2C9H19NO2.2ClH.2H3N.Pt/c2*1-8(2,3)6-9(4,5)10-7(11)12;;;;;/h2*10H,6H2,1-5H3,(H,11,12);2*1H;2*1H3;/q;;;;;;+4/p-4. The van der Waals surface area contributed by atoms with Crippen molar-refractivity contribution in [3.8, 4) is 0 Å². The largest absolute Gasteiger partial charge is 4.00 e. The van der Waals surface area contributed by atoms with E-state index in [9.17, 15) is 19.8 Å². The van der Waals surface area contributed by atoms with E-state index in [1.165, 1.54) is 0 Å². The Balaban J connectivity index is -0.0000000569. The van der Waals surface area contributed by atoms with Gasteiger partial charge >= 0.3 is 21.1 Å². The van der Waals surface area contributed by atoms with E-state index in [1.807, 2.05) is 27.7 Å². The van der Waals surface area contributed by atoms with Gasteiger partial charge in [-0.05, 0) is 51.4 Å². The minimum atomic E-state index is -1.20. The van der Waals surface area contributed by atoms with E-state index in [0.29, 0.717) is 0 Å². The van der Waals surface area contributed by atoms with E-state index in [2.05, 4.69) is 52.2 Å². The van der Waals surface area contributed by atoms with Crippen LogP contribution in [-0.4, -0.2) is 23.3 Å². The fourth-order valence-corrected chi connectivity index (χ4v) is 3.29. The summed E-state index contributed by atoms with van der Waals surface area (Å²) in [6, 6.07) is 0. The molecule has 2 amide bonds. The first-order valence-corrected chi connectivity index (χ1v) is 8.23. The van der Waals surface area contributed by atoms with Crippen molar-refractivity contribution in [2.45, 2.75) is 93.2 Å². The summed E-state index contributed by atoms with van der Waals surface area (Å²) in [5.74, 6) is 0. The van der Waals surface area contributed by atoms with Crippen LogP contribution in [0.2, 0.25) is 0 Å². The summed E-state index contributed by atoms with van der Waals surface area (Å²) in [6.07, 6.45) is -0.837. The van der Waals surface area contributed by atoms with Crippen molar-refractivity contribution < 1.29 is 65.7 Å². The molecule has 8 nitrogen and oxygen atoms in total. The van der Waals surface area contributed by atoms with Gasteiger partial charge in [-0.1, -0.05) is 41.5 Å². The summed E-state index contributed by atoms with van der Waals surface area (Å²) >= 11 is 0. The van der Waals surface area contributed by atoms with E-state index in [0.717, 1.165) is 12.8 Å². The molecule has 0 radical (unpaired) electrons. The number of carbonyl (C=O) groups is 2. The second-order valence-corrected chi connectivity index (χ2v) is 10.1. The summed E-state index contributed by atoms with van der Waals surface area (Å²) in [4.78, 5) is 20.6. The van der Waals surface area contributed by atoms with Gasteiger partial charge in [0.05, 0.1) is 0 Å². The van der Waals surface area contributed by atoms with Gasteiger partial charge in [0.25, 0.3) is 0 Å². The molecule has 0 aromatic carbocycles. The number of hydrogen-bond donors (Lipinski definition) is 4. The number of halogens is 2. The molecule has 182 valence electrons. The van der Waals surface area contributed by atoms with Crippen molar-refractivity contribution in [1.29, 1.82) is 0 Å². The minimum absolute atomic E-state index is 0. The molecule has 11 heteroatoms. The fourth-order valence-electron chi connectivity index (χ4n) is 3.29. The Labute approximate surface area is 204 Å². The second kappa shape index (κ2) is 17.4. The summed E-state index contributed by atoms with van der Waals surface area (Å²) in [5, 5.41) is 25.3. The van der Waals surface area contributed by atoms with Gasteiger partial charge < -0.3 is 67.6 Å². The van der Waals surface area contributed by atoms with Crippen LogP contribution in [0.4, 0.5) is 9.59 Å². The van der Waals surface area contributed by atoms with Crippen LogP contribution in [0.1, 0.15) is 82.1 Å². The van der Waals surface area contributed by atoms with Crippen molar-refractivity contribution in [2.24, 2.45) is 10.8 Å². The van der Waals surface area contributed by atoms with Crippen molar-refractivity contribution in [3.05, 3.63) is 0 Å². The van der Waals surface area contributed by atoms with Gasteiger partial charge in [0, 0.05) is 11.1 Å². The van der Waals surface area contributed by atoms with Gasteiger partial charge in [0.15, 0.2) is 0 Å². The fraction of sp³-hybridized carbons (Fsp3) is 0.889. The van der Waals surface area contributed by atoms with Gasteiger partial charge in [0.1, 0.15) is 12.2 Å². The van der Waals surface area contributed by atoms with Gasteiger partial charge in [-0.25, -0.2) is 0 Å². The summed E-state index contributed by atoms with van der Waals surface area (Å²) in [6.45, 7) is 19.9. The zero-order chi connectivity index (χ0) is 20.0. The maximum atomic E-state index is 10.3. The summed E-state index contributed by atoms with van der Waals surface area (Å²) in [5.41, 5.74) is -0.577. The SMILES string of the molecule is CC(C)(C)CC(C)(C)NC(=O)[O-].CC(C)(C)CC(C)(C)NC(=O)[O-].N.N.[Cl-].[Cl-].[Pt+4]. The smallest absolute Gasteiger partial charge is 1.00 e. The van der Waals surface area contributed by atoms with Crippen LogP contribution < -0.4 is 58.0 Å². The number of rotatable bonds is 4. The molecule has 0 aliphatic heterocycles. The molecule has 0 rings (SSSR count). The van der Waals surface area contributed by atoms with E-state index >= 15 is 0 Å². The Hall–Kier alpha value is -0.272. The van der Waals surface area contributed by atoms with E-state index in [1.54, 1.807) is 0 Å². The van der Waals surface area contributed by atoms with Crippen molar-refractivity contribution in [2.75, 3.05) is 0 Å². The van der Waals surface area contributed by atoms with Crippen LogP contribution >= 0.6 is 0 Å². The molecule has 0 unspecified atom stereocenters. The Morgan fingerprint density at radius 2 is 0.793 bits per heavy atom. The first kappa shape index (κ1) is 46.8. The molecule has 0 aliphatic carbocycles. The molecular weight excluding hydrogens is 602 g/mol. The number of hydrogen-bond acceptors (Lipinski definition) is 6. The van der Waals surface area contributed by atoms with Crippen molar-refractivity contribution in [1.82, 2.24) is 22.9 Å². The molecule has 0 aromatic heterocycles. The molecule has 0 fully saturated rings. The average Bonchev–Trinajstić information content (AvgIpc) is 2.02. The summed E-state index contributed by atoms with van der Waals surface area (Å²) < 4.78 is 0. The van der Waals surface area contributed by atoms with Gasteiger partial charge in [-0.15, -0.1) is 0 Å². The Morgan fingerprint density at radius 3 is 0.897 bits per heavy atom.